The molecule has 0 fully saturated rings. The van der Waals surface area contributed by atoms with Crippen molar-refractivity contribution < 1.29 is 19.4 Å². The lowest BCUT2D eigenvalue weighted by Crippen LogP contribution is -2.17. The fraction of sp³-hybridized carbons (Fsp3) is 0.667. The van der Waals surface area contributed by atoms with E-state index in [4.69, 9.17) is 9.84 Å². The third-order valence-electron chi connectivity index (χ3n) is 5.08. The Morgan fingerprint density at radius 1 is 0.786 bits per heavy atom. The SMILES string of the molecule is CC(C)CCCCCCCCCCCC(C)OC(=O)c1ccccc1C(=O)O. The van der Waals surface area contributed by atoms with E-state index in [0.29, 0.717) is 0 Å². The molecule has 1 unspecified atom stereocenters. The summed E-state index contributed by atoms with van der Waals surface area (Å²) in [6.07, 6.45) is 13.4. The third-order valence-corrected chi connectivity index (χ3v) is 5.08. The number of carbonyl (C=O) groups is 2. The molecule has 28 heavy (non-hydrogen) atoms. The van der Waals surface area contributed by atoms with Crippen molar-refractivity contribution in [3.8, 4) is 0 Å². The normalized spacial score (nSPS) is 12.1. The summed E-state index contributed by atoms with van der Waals surface area (Å²) in [6, 6.07) is 6.18. The molecule has 1 N–H and O–H groups in total. The Balaban J connectivity index is 2.09. The first-order valence-electron chi connectivity index (χ1n) is 10.9. The van der Waals surface area contributed by atoms with Crippen LogP contribution in [0.2, 0.25) is 0 Å². The minimum Gasteiger partial charge on any atom is -0.478 e. The average molecular weight is 391 g/mol. The van der Waals surface area contributed by atoms with Gasteiger partial charge in [0, 0.05) is 0 Å². The van der Waals surface area contributed by atoms with Crippen molar-refractivity contribution in [2.75, 3.05) is 0 Å². The van der Waals surface area contributed by atoms with E-state index in [0.717, 1.165) is 25.2 Å². The van der Waals surface area contributed by atoms with Crippen LogP contribution in [0.5, 0.6) is 0 Å². The Morgan fingerprint density at radius 3 is 1.75 bits per heavy atom. The fourth-order valence-electron chi connectivity index (χ4n) is 3.37. The van der Waals surface area contributed by atoms with Crippen molar-refractivity contribution in [3.63, 3.8) is 0 Å². The lowest BCUT2D eigenvalue weighted by atomic mass is 10.0. The van der Waals surface area contributed by atoms with E-state index in [1.807, 2.05) is 6.92 Å². The Morgan fingerprint density at radius 2 is 1.25 bits per heavy atom. The topological polar surface area (TPSA) is 63.6 Å². The molecule has 1 atom stereocenters. The minimum atomic E-state index is -1.11. The third kappa shape index (κ3) is 10.5. The van der Waals surface area contributed by atoms with Gasteiger partial charge in [-0.05, 0) is 37.8 Å². The summed E-state index contributed by atoms with van der Waals surface area (Å²) in [5.74, 6) is -0.836. The summed E-state index contributed by atoms with van der Waals surface area (Å²) in [5, 5.41) is 9.17. The number of carboxylic acids is 1. The second-order valence-corrected chi connectivity index (χ2v) is 8.22. The lowest BCUT2D eigenvalue weighted by Gasteiger charge is -2.14. The van der Waals surface area contributed by atoms with E-state index in [1.165, 1.54) is 63.5 Å². The van der Waals surface area contributed by atoms with Crippen LogP contribution < -0.4 is 0 Å². The molecule has 0 aliphatic heterocycles. The number of carbonyl (C=O) groups excluding carboxylic acids is 1. The predicted molar refractivity (Wildman–Crippen MR) is 114 cm³/mol. The van der Waals surface area contributed by atoms with Crippen LogP contribution >= 0.6 is 0 Å². The van der Waals surface area contributed by atoms with E-state index < -0.39 is 11.9 Å². The van der Waals surface area contributed by atoms with Gasteiger partial charge in [-0.15, -0.1) is 0 Å². The quantitative estimate of drug-likeness (QED) is 0.262. The van der Waals surface area contributed by atoms with Crippen molar-refractivity contribution >= 4 is 11.9 Å². The highest BCUT2D eigenvalue weighted by atomic mass is 16.5. The summed E-state index contributed by atoms with van der Waals surface area (Å²) in [6.45, 7) is 6.45. The highest BCUT2D eigenvalue weighted by Crippen LogP contribution is 2.16. The van der Waals surface area contributed by atoms with Crippen molar-refractivity contribution in [1.29, 1.82) is 0 Å². The first-order valence-corrected chi connectivity index (χ1v) is 10.9. The molecule has 1 aromatic carbocycles. The second-order valence-electron chi connectivity index (χ2n) is 8.22. The van der Waals surface area contributed by atoms with Crippen LogP contribution in [-0.4, -0.2) is 23.1 Å². The highest BCUT2D eigenvalue weighted by Gasteiger charge is 2.18. The van der Waals surface area contributed by atoms with Gasteiger partial charge < -0.3 is 9.84 Å². The Kier molecular flexibility index (Phi) is 12.3. The molecular formula is C24H38O4. The summed E-state index contributed by atoms with van der Waals surface area (Å²) in [7, 11) is 0. The smallest absolute Gasteiger partial charge is 0.339 e. The summed E-state index contributed by atoms with van der Waals surface area (Å²) in [4.78, 5) is 23.4. The van der Waals surface area contributed by atoms with Crippen molar-refractivity contribution in [2.24, 2.45) is 5.92 Å². The Bertz CT molecular complexity index is 580. The number of hydrogen-bond donors (Lipinski definition) is 1. The predicted octanol–water partition coefficient (Wildman–Crippen LogP) is 6.88. The fourth-order valence-corrected chi connectivity index (χ4v) is 3.37. The van der Waals surface area contributed by atoms with Crippen LogP contribution in [-0.2, 0) is 4.74 Å². The van der Waals surface area contributed by atoms with E-state index in [2.05, 4.69) is 13.8 Å². The van der Waals surface area contributed by atoms with Gasteiger partial charge in [0.15, 0.2) is 0 Å². The summed E-state index contributed by atoms with van der Waals surface area (Å²) < 4.78 is 5.42. The van der Waals surface area contributed by atoms with Crippen molar-refractivity contribution in [1.82, 2.24) is 0 Å². The van der Waals surface area contributed by atoms with Gasteiger partial charge >= 0.3 is 11.9 Å². The van der Waals surface area contributed by atoms with Gasteiger partial charge in [-0.3, -0.25) is 0 Å². The maximum Gasteiger partial charge on any atom is 0.339 e. The molecule has 4 heteroatoms. The molecule has 0 heterocycles. The first kappa shape index (κ1) is 24.2. The number of esters is 1. The molecule has 0 saturated heterocycles. The first-order chi connectivity index (χ1) is 13.4. The van der Waals surface area contributed by atoms with Crippen molar-refractivity contribution in [3.05, 3.63) is 35.4 Å². The number of aromatic carboxylic acids is 1. The number of benzene rings is 1. The van der Waals surface area contributed by atoms with Gasteiger partial charge in [0.05, 0.1) is 17.2 Å². The molecule has 0 aliphatic rings. The van der Waals surface area contributed by atoms with Gasteiger partial charge in [-0.25, -0.2) is 9.59 Å². The molecule has 158 valence electrons. The number of unbranched alkanes of at least 4 members (excludes halogenated alkanes) is 8. The molecule has 0 amide bonds. The molecular weight excluding hydrogens is 352 g/mol. The largest absolute Gasteiger partial charge is 0.478 e. The van der Waals surface area contributed by atoms with Crippen LogP contribution in [0.25, 0.3) is 0 Å². The monoisotopic (exact) mass is 390 g/mol. The number of carboxylic acid groups (broad SMARTS) is 1. The van der Waals surface area contributed by atoms with E-state index in [9.17, 15) is 9.59 Å². The lowest BCUT2D eigenvalue weighted by molar-refractivity contribution is 0.0313. The molecule has 0 spiro atoms. The van der Waals surface area contributed by atoms with Gasteiger partial charge in [-0.1, -0.05) is 83.8 Å². The van der Waals surface area contributed by atoms with Gasteiger partial charge in [0.2, 0.25) is 0 Å². The second kappa shape index (κ2) is 14.2. The Labute approximate surface area is 170 Å². The van der Waals surface area contributed by atoms with Gasteiger partial charge in [-0.2, -0.15) is 0 Å². The number of hydrogen-bond acceptors (Lipinski definition) is 3. The van der Waals surface area contributed by atoms with E-state index in [-0.39, 0.29) is 17.2 Å². The van der Waals surface area contributed by atoms with Crippen LogP contribution in [0.15, 0.2) is 24.3 Å². The standard InChI is InChI=1S/C24H38O4/c1-19(2)15-11-9-7-5-4-6-8-10-12-16-20(3)28-24(27)22-18-14-13-17-21(22)23(25)26/h13-14,17-20H,4-12,15-16H2,1-3H3,(H,25,26). The van der Waals surface area contributed by atoms with Crippen LogP contribution in [0, 0.1) is 5.92 Å². The highest BCUT2D eigenvalue weighted by molar-refractivity contribution is 6.02. The summed E-state index contributed by atoms with van der Waals surface area (Å²) >= 11 is 0. The van der Waals surface area contributed by atoms with Crippen LogP contribution in [0.1, 0.15) is 112 Å². The maximum atomic E-state index is 12.2. The van der Waals surface area contributed by atoms with Crippen LogP contribution in [0.3, 0.4) is 0 Å². The van der Waals surface area contributed by atoms with Crippen molar-refractivity contribution in [2.45, 2.75) is 97.5 Å². The van der Waals surface area contributed by atoms with E-state index in [1.54, 1.807) is 12.1 Å². The molecule has 0 bridgehead atoms. The molecule has 0 aromatic heterocycles. The van der Waals surface area contributed by atoms with Gasteiger partial charge in [0.25, 0.3) is 0 Å². The van der Waals surface area contributed by atoms with Crippen LogP contribution in [0.4, 0.5) is 0 Å². The van der Waals surface area contributed by atoms with E-state index >= 15 is 0 Å². The zero-order valence-electron chi connectivity index (χ0n) is 17.9. The Hall–Kier alpha value is -1.84. The van der Waals surface area contributed by atoms with Gasteiger partial charge in [0.1, 0.15) is 0 Å². The molecule has 1 aromatic rings. The summed E-state index contributed by atoms with van der Waals surface area (Å²) in [5.41, 5.74) is 0.110. The molecule has 0 radical (unpaired) electrons. The number of rotatable bonds is 15. The average Bonchev–Trinajstić information content (AvgIpc) is 2.65. The zero-order chi connectivity index (χ0) is 20.8. The molecule has 1 rings (SSSR count). The molecule has 0 saturated carbocycles. The maximum absolute atomic E-state index is 12.2. The zero-order valence-corrected chi connectivity index (χ0v) is 17.9. The minimum absolute atomic E-state index is 0.0103. The molecule has 4 nitrogen and oxygen atoms in total. The molecule has 0 aliphatic carbocycles. The number of ether oxygens (including phenoxy) is 1.